The van der Waals surface area contributed by atoms with Crippen LogP contribution in [0.1, 0.15) is 6.92 Å². The SMILES string of the molecule is CC(C(F)(F)C(F)(F)C(F)(F)C(F)(F)C(F)(F)C(F)(F)C(F)(F)C(F)(F)C(F)(F)C(F)(F)F)[N+]1(C)CCOC1.O=S(=O)([O-])C(F)(F)F. The van der Waals surface area contributed by atoms with Gasteiger partial charge in [0.05, 0.1) is 7.05 Å². The summed E-state index contributed by atoms with van der Waals surface area (Å²) in [5.41, 5.74) is -5.65. The first-order valence-electron chi connectivity index (χ1n) is 10.8. The Morgan fingerprint density at radius 2 is 0.809 bits per heavy atom. The second kappa shape index (κ2) is 11.9. The molecule has 0 saturated carbocycles. The number of halogens is 24. The Kier molecular flexibility index (Phi) is 11.4. The number of quaternary nitrogens is 1. The van der Waals surface area contributed by atoms with E-state index in [1.165, 1.54) is 0 Å². The van der Waals surface area contributed by atoms with Crippen LogP contribution in [0.5, 0.6) is 0 Å². The maximum atomic E-state index is 14.4. The van der Waals surface area contributed by atoms with E-state index in [-0.39, 0.29) is 6.92 Å². The summed E-state index contributed by atoms with van der Waals surface area (Å²) in [7, 11) is -5.54. The van der Waals surface area contributed by atoms with Crippen LogP contribution in [0.3, 0.4) is 0 Å². The Balaban J connectivity index is 0.00000233. The van der Waals surface area contributed by atoms with E-state index in [4.69, 9.17) is 13.0 Å². The summed E-state index contributed by atoms with van der Waals surface area (Å²) < 4.78 is 344. The highest BCUT2D eigenvalue weighted by Crippen LogP contribution is 2.66. The molecule has 1 saturated heterocycles. The molecule has 0 bridgehead atoms. The maximum absolute atomic E-state index is 14.4. The molecule has 2 atom stereocenters. The van der Waals surface area contributed by atoms with Crippen molar-refractivity contribution in [2.45, 2.75) is 78.0 Å². The van der Waals surface area contributed by atoms with Gasteiger partial charge in [0.2, 0.25) is 0 Å². The molecule has 0 N–H and O–H groups in total. The molecule has 2 unspecified atom stereocenters. The van der Waals surface area contributed by atoms with Crippen molar-refractivity contribution in [1.82, 2.24) is 0 Å². The van der Waals surface area contributed by atoms with Gasteiger partial charge in [-0.2, -0.15) is 105 Å². The van der Waals surface area contributed by atoms with Gasteiger partial charge in [0.25, 0.3) is 0 Å². The average molecular weight is 783 g/mol. The fourth-order valence-electron chi connectivity index (χ4n) is 3.14. The maximum Gasteiger partial charge on any atom is 0.485 e. The molecule has 1 heterocycles. The zero-order chi connectivity index (χ0) is 38.9. The fourth-order valence-corrected chi connectivity index (χ4v) is 3.14. The summed E-state index contributed by atoms with van der Waals surface area (Å²) in [6.45, 7) is -2.40. The van der Waals surface area contributed by atoms with E-state index < -0.39 is 106 Å². The highest BCUT2D eigenvalue weighted by atomic mass is 32.2. The molecule has 0 aliphatic carbocycles. The topological polar surface area (TPSA) is 66.4 Å². The molecule has 0 spiro atoms. The third-order valence-corrected chi connectivity index (χ3v) is 6.98. The van der Waals surface area contributed by atoms with Crippen LogP contribution in [0, 0.1) is 0 Å². The minimum absolute atomic E-state index is 0.0719. The molecule has 0 radical (unpaired) electrons. The van der Waals surface area contributed by atoms with Crippen LogP contribution < -0.4 is 0 Å². The number of ether oxygens (including phenoxy) is 1. The van der Waals surface area contributed by atoms with Crippen molar-refractivity contribution in [3.05, 3.63) is 0 Å². The van der Waals surface area contributed by atoms with Gasteiger partial charge in [-0.1, -0.05) is 0 Å². The normalized spacial score (nSPS) is 21.3. The lowest BCUT2D eigenvalue weighted by molar-refractivity contribution is -0.938. The van der Waals surface area contributed by atoms with Crippen molar-refractivity contribution in [3.8, 4) is 0 Å². The van der Waals surface area contributed by atoms with Gasteiger partial charge in [-0.15, -0.1) is 0 Å². The first-order chi connectivity index (χ1) is 19.9. The lowest BCUT2D eigenvalue weighted by Gasteiger charge is -2.46. The third kappa shape index (κ3) is 6.58. The predicted molar refractivity (Wildman–Crippen MR) is 97.7 cm³/mol. The molecule has 5 nitrogen and oxygen atoms in total. The molecule has 47 heavy (non-hydrogen) atoms. The van der Waals surface area contributed by atoms with E-state index in [1.54, 1.807) is 0 Å². The Labute approximate surface area is 243 Å². The van der Waals surface area contributed by atoms with Crippen molar-refractivity contribution in [3.63, 3.8) is 0 Å². The van der Waals surface area contributed by atoms with Crippen molar-refractivity contribution in [2.75, 3.05) is 26.9 Å². The molecule has 0 amide bonds. The summed E-state index contributed by atoms with van der Waals surface area (Å²) in [6.07, 6.45) is -8.00. The van der Waals surface area contributed by atoms with Gasteiger partial charge in [-0.25, -0.2) is 8.42 Å². The number of alkyl halides is 24. The molecular formula is C17H13F24NO4S. The average Bonchev–Trinajstić information content (AvgIpc) is 3.28. The van der Waals surface area contributed by atoms with Gasteiger partial charge in [-0.3, -0.25) is 4.48 Å². The zero-order valence-electron chi connectivity index (χ0n) is 21.8. The van der Waals surface area contributed by atoms with Crippen LogP contribution in [0.2, 0.25) is 0 Å². The largest absolute Gasteiger partial charge is 0.741 e. The van der Waals surface area contributed by atoms with Gasteiger partial charge >= 0.3 is 65.0 Å². The second-order valence-electron chi connectivity index (χ2n) is 9.53. The van der Waals surface area contributed by atoms with Crippen molar-refractivity contribution < 1.29 is 128 Å². The molecule has 284 valence electrons. The molecule has 1 aliphatic rings. The smallest absolute Gasteiger partial charge is 0.485 e. The number of hydrogen-bond acceptors (Lipinski definition) is 4. The minimum Gasteiger partial charge on any atom is -0.741 e. The van der Waals surface area contributed by atoms with Crippen molar-refractivity contribution in [2.24, 2.45) is 0 Å². The summed E-state index contributed by atoms with van der Waals surface area (Å²) in [5, 5.41) is 0. The number of rotatable bonds is 10. The highest BCUT2D eigenvalue weighted by molar-refractivity contribution is 7.86. The van der Waals surface area contributed by atoms with Crippen LogP contribution in [-0.4, -0.2) is 115 Å². The molecule has 1 aliphatic heterocycles. The van der Waals surface area contributed by atoms with Crippen LogP contribution in [0.4, 0.5) is 105 Å². The monoisotopic (exact) mass is 783 g/mol. The Bertz CT molecular complexity index is 1220. The standard InChI is InChI=1S/C16H13F21NO.CHF3O3S/c1-6(38(2)3-4-39-5-38)7(17,18)8(19,20)9(21,22)10(23,24)11(25,26)12(27,28)13(29,30)14(31,32)15(33,34)16(35,36)37;2-1(3,4)8(5,6)7/h6H,3-5H2,1-2H3;(H,5,6,7)/q+1;/p-1. The van der Waals surface area contributed by atoms with E-state index in [9.17, 15) is 105 Å². The van der Waals surface area contributed by atoms with E-state index >= 15 is 0 Å². The first-order valence-corrected chi connectivity index (χ1v) is 12.2. The van der Waals surface area contributed by atoms with Gasteiger partial charge < -0.3 is 9.29 Å². The molecule has 0 aromatic heterocycles. The summed E-state index contributed by atoms with van der Waals surface area (Å²) in [4.78, 5) is 0. The summed E-state index contributed by atoms with van der Waals surface area (Å²) >= 11 is 0. The molecule has 1 fully saturated rings. The summed E-state index contributed by atoms with van der Waals surface area (Å²) in [5.74, 6) is -76.8. The van der Waals surface area contributed by atoms with Crippen LogP contribution in [-0.2, 0) is 14.9 Å². The molecular weight excluding hydrogens is 770 g/mol. The molecule has 30 heteroatoms. The van der Waals surface area contributed by atoms with Crippen LogP contribution >= 0.6 is 0 Å². The van der Waals surface area contributed by atoms with Gasteiger partial charge in [-0.05, 0) is 6.92 Å². The van der Waals surface area contributed by atoms with E-state index in [1.807, 2.05) is 0 Å². The minimum atomic E-state index is -9.16. The predicted octanol–water partition coefficient (Wildman–Crippen LogP) is 7.14. The quantitative estimate of drug-likeness (QED) is 0.102. The van der Waals surface area contributed by atoms with E-state index in [0.717, 1.165) is 0 Å². The van der Waals surface area contributed by atoms with Crippen molar-refractivity contribution in [1.29, 1.82) is 0 Å². The van der Waals surface area contributed by atoms with Crippen LogP contribution in [0.25, 0.3) is 0 Å². The molecule has 0 aromatic carbocycles. The highest BCUT2D eigenvalue weighted by Gasteiger charge is 2.98. The Morgan fingerprint density at radius 3 is 1.02 bits per heavy atom. The van der Waals surface area contributed by atoms with Crippen molar-refractivity contribution >= 4 is 10.1 Å². The van der Waals surface area contributed by atoms with Gasteiger partial charge in [0.1, 0.15) is 13.2 Å². The first kappa shape index (κ1) is 45.2. The third-order valence-electron chi connectivity index (χ3n) is 6.41. The van der Waals surface area contributed by atoms with E-state index in [0.29, 0.717) is 7.05 Å². The van der Waals surface area contributed by atoms with E-state index in [2.05, 4.69) is 4.74 Å². The number of likely N-dealkylation sites (N-methyl/N-ethyl adjacent to an activating group) is 1. The summed E-state index contributed by atoms with van der Waals surface area (Å²) in [6, 6.07) is -3.33. The van der Waals surface area contributed by atoms with Gasteiger partial charge in [0, 0.05) is 0 Å². The Morgan fingerprint density at radius 1 is 0.553 bits per heavy atom. The Hall–Kier alpha value is -1.85. The second-order valence-corrected chi connectivity index (χ2v) is 10.9. The van der Waals surface area contributed by atoms with Gasteiger partial charge in [0.15, 0.2) is 22.9 Å². The lowest BCUT2D eigenvalue weighted by Crippen LogP contribution is -2.78. The zero-order valence-corrected chi connectivity index (χ0v) is 22.6. The number of hydrogen-bond donors (Lipinski definition) is 0. The molecule has 1 rings (SSSR count). The number of nitrogens with zero attached hydrogens (tertiary/aromatic N) is 1. The molecule has 0 aromatic rings. The van der Waals surface area contributed by atoms with Crippen LogP contribution in [0.15, 0.2) is 0 Å². The fraction of sp³-hybridized carbons (Fsp3) is 1.00. The lowest BCUT2D eigenvalue weighted by atomic mass is 9.85.